The predicted molar refractivity (Wildman–Crippen MR) is 143 cm³/mol. The van der Waals surface area contributed by atoms with Crippen LogP contribution in [0.2, 0.25) is 0 Å². The molecule has 1 aliphatic carbocycles. The minimum Gasteiger partial charge on any atom is -0.347 e. The Kier molecular flexibility index (Phi) is 6.12. The number of hydrogen-bond acceptors (Lipinski definition) is 8. The number of aromatic nitrogens is 6. The van der Waals surface area contributed by atoms with E-state index in [1.165, 1.54) is 32.2 Å². The van der Waals surface area contributed by atoms with Gasteiger partial charge in [0.15, 0.2) is 0 Å². The first-order valence-corrected chi connectivity index (χ1v) is 13.0. The van der Waals surface area contributed by atoms with E-state index in [1.807, 2.05) is 24.3 Å². The zero-order valence-electron chi connectivity index (χ0n) is 20.8. The monoisotopic (exact) mass is 524 g/mol. The van der Waals surface area contributed by atoms with Gasteiger partial charge in [-0.05, 0) is 65.3 Å². The molecule has 2 amide bonds. The molecule has 5 aromatic rings. The third-order valence-electron chi connectivity index (χ3n) is 6.59. The number of hydrogen-bond donors (Lipinski definition) is 2. The minimum atomic E-state index is -0.361. The van der Waals surface area contributed by atoms with Crippen molar-refractivity contribution in [2.24, 2.45) is 7.05 Å². The molecule has 2 aromatic carbocycles. The molecule has 1 aliphatic rings. The number of thiophene rings is 1. The molecular weight excluding hydrogens is 500 g/mol. The SMILES string of the molecule is Cc1cc2ccc(CNC(=O)c3cc(C(=O)N[C@@H]4CCc5cc(-c6nnn(C)n6)ccc54)ncn3)cc2s1. The third kappa shape index (κ3) is 4.75. The van der Waals surface area contributed by atoms with Crippen LogP contribution in [0.5, 0.6) is 0 Å². The van der Waals surface area contributed by atoms with Crippen molar-refractivity contribution in [1.82, 2.24) is 40.8 Å². The van der Waals surface area contributed by atoms with Crippen molar-refractivity contribution in [3.63, 3.8) is 0 Å². The van der Waals surface area contributed by atoms with Gasteiger partial charge in [-0.2, -0.15) is 4.80 Å². The Morgan fingerprint density at radius 3 is 2.71 bits per heavy atom. The number of amides is 2. The second kappa shape index (κ2) is 9.75. The number of fused-ring (bicyclic) bond motifs is 2. The van der Waals surface area contributed by atoms with Gasteiger partial charge >= 0.3 is 0 Å². The van der Waals surface area contributed by atoms with Gasteiger partial charge in [-0.15, -0.1) is 21.5 Å². The summed E-state index contributed by atoms with van der Waals surface area (Å²) >= 11 is 1.72. The molecular formula is C27H24N8O2S. The maximum absolute atomic E-state index is 13.0. The first kappa shape index (κ1) is 23.9. The maximum atomic E-state index is 13.0. The first-order chi connectivity index (χ1) is 18.4. The number of tetrazole rings is 1. The Balaban J connectivity index is 1.11. The van der Waals surface area contributed by atoms with E-state index in [-0.39, 0.29) is 29.2 Å². The summed E-state index contributed by atoms with van der Waals surface area (Å²) in [5, 5.41) is 19.4. The van der Waals surface area contributed by atoms with E-state index in [0.29, 0.717) is 12.4 Å². The van der Waals surface area contributed by atoms with Crippen LogP contribution in [0.25, 0.3) is 21.5 Å². The molecule has 190 valence electrons. The Hall–Kier alpha value is -4.51. The second-order valence-corrected chi connectivity index (χ2v) is 10.6. The van der Waals surface area contributed by atoms with Gasteiger partial charge in [0.25, 0.3) is 11.8 Å². The fourth-order valence-electron chi connectivity index (χ4n) is 4.74. The summed E-state index contributed by atoms with van der Waals surface area (Å²) in [4.78, 5) is 36.6. The largest absolute Gasteiger partial charge is 0.347 e. The van der Waals surface area contributed by atoms with E-state index in [2.05, 4.69) is 61.1 Å². The highest BCUT2D eigenvalue weighted by Gasteiger charge is 2.26. The zero-order chi connectivity index (χ0) is 26.2. The van der Waals surface area contributed by atoms with Gasteiger partial charge in [-0.1, -0.05) is 24.3 Å². The molecule has 11 heteroatoms. The quantitative estimate of drug-likeness (QED) is 0.348. The molecule has 0 aliphatic heterocycles. The topological polar surface area (TPSA) is 128 Å². The number of carbonyl (C=O) groups excluding carboxylic acids is 2. The third-order valence-corrected chi connectivity index (χ3v) is 7.60. The Morgan fingerprint density at radius 2 is 1.89 bits per heavy atom. The normalized spacial score (nSPS) is 14.4. The van der Waals surface area contributed by atoms with Crippen LogP contribution in [0.1, 0.15) is 55.0 Å². The lowest BCUT2D eigenvalue weighted by molar-refractivity contribution is 0.0931. The number of benzene rings is 2. The summed E-state index contributed by atoms with van der Waals surface area (Å²) in [7, 11) is 1.73. The first-order valence-electron chi connectivity index (χ1n) is 12.2. The van der Waals surface area contributed by atoms with Gasteiger partial charge in [-0.3, -0.25) is 9.59 Å². The molecule has 3 aromatic heterocycles. The lowest BCUT2D eigenvalue weighted by Gasteiger charge is -2.14. The summed E-state index contributed by atoms with van der Waals surface area (Å²) < 4.78 is 1.19. The number of rotatable bonds is 6. The number of nitrogens with one attached hydrogen (secondary N) is 2. The van der Waals surface area contributed by atoms with Gasteiger partial charge in [0.05, 0.1) is 13.1 Å². The zero-order valence-corrected chi connectivity index (χ0v) is 21.6. The highest BCUT2D eigenvalue weighted by atomic mass is 32.1. The van der Waals surface area contributed by atoms with Crippen LogP contribution < -0.4 is 10.6 Å². The summed E-state index contributed by atoms with van der Waals surface area (Å²) in [5.74, 6) is -0.144. The molecule has 0 radical (unpaired) electrons. The highest BCUT2D eigenvalue weighted by molar-refractivity contribution is 7.19. The molecule has 0 spiro atoms. The van der Waals surface area contributed by atoms with E-state index in [4.69, 9.17) is 0 Å². The van der Waals surface area contributed by atoms with Crippen LogP contribution >= 0.6 is 11.3 Å². The van der Waals surface area contributed by atoms with Crippen LogP contribution in [0, 0.1) is 6.92 Å². The maximum Gasteiger partial charge on any atom is 0.270 e. The van der Waals surface area contributed by atoms with Crippen molar-refractivity contribution in [3.8, 4) is 11.4 Å². The van der Waals surface area contributed by atoms with Crippen molar-refractivity contribution in [1.29, 1.82) is 0 Å². The van der Waals surface area contributed by atoms with Gasteiger partial charge in [0, 0.05) is 27.8 Å². The summed E-state index contributed by atoms with van der Waals surface area (Å²) in [6.45, 7) is 2.44. The van der Waals surface area contributed by atoms with E-state index in [1.54, 1.807) is 18.4 Å². The molecule has 3 heterocycles. The van der Waals surface area contributed by atoms with Crippen LogP contribution in [-0.4, -0.2) is 42.0 Å². The van der Waals surface area contributed by atoms with E-state index in [9.17, 15) is 9.59 Å². The van der Waals surface area contributed by atoms with Gasteiger partial charge in [0.2, 0.25) is 5.82 Å². The van der Waals surface area contributed by atoms with Crippen molar-refractivity contribution in [3.05, 3.63) is 87.8 Å². The van der Waals surface area contributed by atoms with Crippen LogP contribution in [0.4, 0.5) is 0 Å². The lowest BCUT2D eigenvalue weighted by atomic mass is 10.0. The fraction of sp³-hybridized carbons (Fsp3) is 0.222. The molecule has 0 fully saturated rings. The Morgan fingerprint density at radius 1 is 1.05 bits per heavy atom. The van der Waals surface area contributed by atoms with Crippen LogP contribution in [-0.2, 0) is 20.0 Å². The molecule has 0 saturated carbocycles. The van der Waals surface area contributed by atoms with Crippen LogP contribution in [0.3, 0.4) is 0 Å². The van der Waals surface area contributed by atoms with Crippen molar-refractivity contribution >= 4 is 33.2 Å². The summed E-state index contributed by atoms with van der Waals surface area (Å²) in [6.07, 6.45) is 2.83. The Labute approximate surface area is 222 Å². The number of aryl methyl sites for hydroxylation is 3. The lowest BCUT2D eigenvalue weighted by Crippen LogP contribution is -2.29. The van der Waals surface area contributed by atoms with Crippen LogP contribution in [0.15, 0.2) is 54.9 Å². The molecule has 0 saturated heterocycles. The van der Waals surface area contributed by atoms with E-state index < -0.39 is 0 Å². The molecule has 0 bridgehead atoms. The second-order valence-electron chi connectivity index (χ2n) is 9.28. The number of nitrogens with zero attached hydrogens (tertiary/aromatic N) is 6. The fourth-order valence-corrected chi connectivity index (χ4v) is 5.72. The van der Waals surface area contributed by atoms with Gasteiger partial charge < -0.3 is 10.6 Å². The van der Waals surface area contributed by atoms with Gasteiger partial charge in [0.1, 0.15) is 17.7 Å². The average Bonchev–Trinajstić information content (AvgIpc) is 3.64. The van der Waals surface area contributed by atoms with E-state index in [0.717, 1.165) is 35.1 Å². The average molecular weight is 525 g/mol. The van der Waals surface area contributed by atoms with Crippen molar-refractivity contribution in [2.75, 3.05) is 0 Å². The molecule has 2 N–H and O–H groups in total. The Bertz CT molecular complexity index is 1690. The predicted octanol–water partition coefficient (Wildman–Crippen LogP) is 3.54. The highest BCUT2D eigenvalue weighted by Crippen LogP contribution is 2.33. The number of carbonyl (C=O) groups is 2. The smallest absolute Gasteiger partial charge is 0.270 e. The molecule has 0 unspecified atom stereocenters. The molecule has 1 atom stereocenters. The molecule has 6 rings (SSSR count). The minimum absolute atomic E-state index is 0.145. The van der Waals surface area contributed by atoms with Crippen molar-refractivity contribution < 1.29 is 9.59 Å². The molecule has 10 nitrogen and oxygen atoms in total. The van der Waals surface area contributed by atoms with E-state index >= 15 is 0 Å². The standard InChI is InChI=1S/C27H24N8O2S/c1-15-9-18-4-3-16(10-24(18)38-15)13-28-26(36)22-12-23(30-14-29-22)27(37)31-21-8-6-17-11-19(5-7-20(17)21)25-32-34-35(2)33-25/h3-5,7,9-12,14,21H,6,8,13H2,1-2H3,(H,28,36)(H,31,37)/t21-/m1/s1. The summed E-state index contributed by atoms with van der Waals surface area (Å²) in [6, 6.07) is 15.5. The van der Waals surface area contributed by atoms with Gasteiger partial charge in [-0.25, -0.2) is 9.97 Å². The van der Waals surface area contributed by atoms with Crippen molar-refractivity contribution in [2.45, 2.75) is 32.4 Å². The summed E-state index contributed by atoms with van der Waals surface area (Å²) in [5.41, 5.74) is 4.37. The molecule has 38 heavy (non-hydrogen) atoms.